The van der Waals surface area contributed by atoms with Crippen LogP contribution in [0.25, 0.3) is 0 Å². The summed E-state index contributed by atoms with van der Waals surface area (Å²) in [6.45, 7) is 2.61. The van der Waals surface area contributed by atoms with Crippen LogP contribution in [0.4, 0.5) is 0 Å². The fraction of sp³-hybridized carbons (Fsp3) is 0.286. The van der Waals surface area contributed by atoms with Gasteiger partial charge in [-0.05, 0) is 13.0 Å². The number of esters is 1. The molecule has 0 aliphatic carbocycles. The van der Waals surface area contributed by atoms with Gasteiger partial charge in [-0.1, -0.05) is 18.2 Å². The van der Waals surface area contributed by atoms with Gasteiger partial charge < -0.3 is 14.0 Å². The van der Waals surface area contributed by atoms with Gasteiger partial charge in [0, 0.05) is 18.0 Å². The highest BCUT2D eigenvalue weighted by Crippen LogP contribution is 2.19. The third-order valence-corrected chi connectivity index (χ3v) is 2.71. The lowest BCUT2D eigenvalue weighted by molar-refractivity contribution is 0.0507. The first kappa shape index (κ1) is 13.1. The molecule has 5 heteroatoms. The molecule has 0 spiro atoms. The van der Waals surface area contributed by atoms with E-state index in [0.29, 0.717) is 19.0 Å². The lowest BCUT2D eigenvalue weighted by Crippen LogP contribution is -2.14. The fourth-order valence-corrected chi connectivity index (χ4v) is 1.84. The number of rotatable bonds is 5. The van der Waals surface area contributed by atoms with Crippen LogP contribution in [-0.4, -0.2) is 29.2 Å². The van der Waals surface area contributed by atoms with Crippen LogP contribution in [0.2, 0.25) is 0 Å². The molecule has 2 rings (SSSR count). The SMILES string of the molecule is CCOC(=O)c1nccn1Cc1ccccc1OC. The van der Waals surface area contributed by atoms with Crippen LogP contribution >= 0.6 is 0 Å². The van der Waals surface area contributed by atoms with E-state index in [1.807, 2.05) is 24.3 Å². The van der Waals surface area contributed by atoms with Crippen molar-refractivity contribution in [2.75, 3.05) is 13.7 Å². The smallest absolute Gasteiger partial charge is 0.374 e. The van der Waals surface area contributed by atoms with Crippen LogP contribution in [0, 0.1) is 0 Å². The number of hydrogen-bond donors (Lipinski definition) is 0. The monoisotopic (exact) mass is 260 g/mol. The summed E-state index contributed by atoms with van der Waals surface area (Å²) >= 11 is 0. The summed E-state index contributed by atoms with van der Waals surface area (Å²) in [6.07, 6.45) is 3.33. The topological polar surface area (TPSA) is 53.3 Å². The van der Waals surface area contributed by atoms with Crippen LogP contribution in [0.3, 0.4) is 0 Å². The highest BCUT2D eigenvalue weighted by Gasteiger charge is 2.14. The molecular formula is C14H16N2O3. The van der Waals surface area contributed by atoms with Crippen LogP contribution in [-0.2, 0) is 11.3 Å². The molecule has 1 aromatic carbocycles. The Bertz CT molecular complexity index is 563. The molecule has 19 heavy (non-hydrogen) atoms. The van der Waals surface area contributed by atoms with E-state index >= 15 is 0 Å². The van der Waals surface area contributed by atoms with Gasteiger partial charge in [-0.2, -0.15) is 0 Å². The molecule has 100 valence electrons. The number of methoxy groups -OCH3 is 1. The van der Waals surface area contributed by atoms with Crippen molar-refractivity contribution in [1.82, 2.24) is 9.55 Å². The second-order valence-electron chi connectivity index (χ2n) is 3.91. The fourth-order valence-electron chi connectivity index (χ4n) is 1.84. The third-order valence-electron chi connectivity index (χ3n) is 2.71. The van der Waals surface area contributed by atoms with Crippen molar-refractivity contribution in [3.63, 3.8) is 0 Å². The van der Waals surface area contributed by atoms with Crippen LogP contribution in [0.1, 0.15) is 23.1 Å². The van der Waals surface area contributed by atoms with Crippen molar-refractivity contribution in [3.05, 3.63) is 48.0 Å². The minimum Gasteiger partial charge on any atom is -0.496 e. The third kappa shape index (κ3) is 2.93. The minimum atomic E-state index is -0.414. The molecule has 5 nitrogen and oxygen atoms in total. The Morgan fingerprint density at radius 1 is 1.37 bits per heavy atom. The second kappa shape index (κ2) is 6.04. The Balaban J connectivity index is 2.24. The highest BCUT2D eigenvalue weighted by molar-refractivity contribution is 5.85. The molecule has 0 saturated heterocycles. The summed E-state index contributed by atoms with van der Waals surface area (Å²) in [5, 5.41) is 0. The normalized spacial score (nSPS) is 10.2. The molecule has 2 aromatic rings. The largest absolute Gasteiger partial charge is 0.496 e. The lowest BCUT2D eigenvalue weighted by Gasteiger charge is -2.10. The zero-order chi connectivity index (χ0) is 13.7. The molecule has 0 fully saturated rings. The van der Waals surface area contributed by atoms with Gasteiger partial charge in [0.25, 0.3) is 0 Å². The van der Waals surface area contributed by atoms with E-state index < -0.39 is 5.97 Å². The number of carbonyl (C=O) groups excluding carboxylic acids is 1. The van der Waals surface area contributed by atoms with E-state index in [9.17, 15) is 4.79 Å². The highest BCUT2D eigenvalue weighted by atomic mass is 16.5. The molecule has 0 unspecified atom stereocenters. The van der Waals surface area contributed by atoms with Crippen molar-refractivity contribution >= 4 is 5.97 Å². The molecule has 0 bridgehead atoms. The van der Waals surface area contributed by atoms with E-state index in [-0.39, 0.29) is 0 Å². The molecule has 1 aromatic heterocycles. The number of hydrogen-bond acceptors (Lipinski definition) is 4. The zero-order valence-corrected chi connectivity index (χ0v) is 11.0. The lowest BCUT2D eigenvalue weighted by atomic mass is 10.2. The Labute approximate surface area is 111 Å². The summed E-state index contributed by atoms with van der Waals surface area (Å²) in [7, 11) is 1.62. The summed E-state index contributed by atoms with van der Waals surface area (Å²) in [4.78, 5) is 15.8. The molecular weight excluding hydrogens is 244 g/mol. The first-order valence-electron chi connectivity index (χ1n) is 6.06. The van der Waals surface area contributed by atoms with Gasteiger partial charge in [0.1, 0.15) is 5.75 Å². The van der Waals surface area contributed by atoms with Crippen LogP contribution < -0.4 is 4.74 Å². The van der Waals surface area contributed by atoms with Crippen molar-refractivity contribution in [2.45, 2.75) is 13.5 Å². The van der Waals surface area contributed by atoms with Crippen molar-refractivity contribution in [1.29, 1.82) is 0 Å². The molecule has 1 heterocycles. The number of ether oxygens (including phenoxy) is 2. The Morgan fingerprint density at radius 2 is 2.16 bits per heavy atom. The van der Waals surface area contributed by atoms with Gasteiger partial charge in [-0.25, -0.2) is 9.78 Å². The van der Waals surface area contributed by atoms with Crippen molar-refractivity contribution < 1.29 is 14.3 Å². The second-order valence-corrected chi connectivity index (χ2v) is 3.91. The van der Waals surface area contributed by atoms with E-state index in [2.05, 4.69) is 4.98 Å². The average Bonchev–Trinajstić information content (AvgIpc) is 2.88. The number of carbonyl (C=O) groups is 1. The van der Waals surface area contributed by atoms with Gasteiger partial charge >= 0.3 is 5.97 Å². The number of para-hydroxylation sites is 1. The number of nitrogens with zero attached hydrogens (tertiary/aromatic N) is 2. The van der Waals surface area contributed by atoms with E-state index in [1.165, 1.54) is 0 Å². The van der Waals surface area contributed by atoms with Gasteiger partial charge in [-0.3, -0.25) is 0 Å². The summed E-state index contributed by atoms with van der Waals surface area (Å²) in [5.74, 6) is 0.668. The van der Waals surface area contributed by atoms with E-state index in [4.69, 9.17) is 9.47 Å². The van der Waals surface area contributed by atoms with Crippen LogP contribution in [0.15, 0.2) is 36.7 Å². The maximum Gasteiger partial charge on any atom is 0.374 e. The first-order chi connectivity index (χ1) is 9.26. The van der Waals surface area contributed by atoms with E-state index in [0.717, 1.165) is 11.3 Å². The molecule has 0 atom stereocenters. The van der Waals surface area contributed by atoms with Gasteiger partial charge in [-0.15, -0.1) is 0 Å². The van der Waals surface area contributed by atoms with Gasteiger partial charge in [0.15, 0.2) is 0 Å². The number of aromatic nitrogens is 2. The minimum absolute atomic E-state index is 0.299. The molecule has 0 aliphatic rings. The van der Waals surface area contributed by atoms with Gasteiger partial charge in [0.05, 0.1) is 20.3 Å². The summed E-state index contributed by atoms with van der Waals surface area (Å²) in [6, 6.07) is 7.67. The Hall–Kier alpha value is -2.30. The summed E-state index contributed by atoms with van der Waals surface area (Å²) in [5.41, 5.74) is 0.980. The van der Waals surface area contributed by atoms with Gasteiger partial charge in [0.2, 0.25) is 5.82 Å². The van der Waals surface area contributed by atoms with Crippen LogP contribution in [0.5, 0.6) is 5.75 Å². The zero-order valence-electron chi connectivity index (χ0n) is 11.0. The van der Waals surface area contributed by atoms with Crippen molar-refractivity contribution in [2.24, 2.45) is 0 Å². The predicted octanol–water partition coefficient (Wildman–Crippen LogP) is 2.12. The molecule has 0 aliphatic heterocycles. The molecule has 0 amide bonds. The number of imidazole rings is 1. The first-order valence-corrected chi connectivity index (χ1v) is 6.06. The molecule has 0 radical (unpaired) electrons. The summed E-state index contributed by atoms with van der Waals surface area (Å²) < 4.78 is 12.0. The average molecular weight is 260 g/mol. The Kier molecular flexibility index (Phi) is 4.18. The predicted molar refractivity (Wildman–Crippen MR) is 70.3 cm³/mol. The van der Waals surface area contributed by atoms with Crippen molar-refractivity contribution in [3.8, 4) is 5.75 Å². The molecule has 0 N–H and O–H groups in total. The maximum atomic E-state index is 11.7. The quantitative estimate of drug-likeness (QED) is 0.773. The van der Waals surface area contributed by atoms with E-state index in [1.54, 1.807) is 31.0 Å². The maximum absolute atomic E-state index is 11.7. The Morgan fingerprint density at radius 3 is 2.89 bits per heavy atom. The molecule has 0 saturated carbocycles. The number of benzene rings is 1. The standard InChI is InChI=1S/C14H16N2O3/c1-3-19-14(17)13-15-8-9-16(13)10-11-6-4-5-7-12(11)18-2/h4-9H,3,10H2,1-2H3.